The Morgan fingerprint density at radius 1 is 0.773 bits per heavy atom. The van der Waals surface area contributed by atoms with Crippen molar-refractivity contribution in [2.75, 3.05) is 0 Å². The van der Waals surface area contributed by atoms with Crippen LogP contribution in [0.15, 0.2) is 36.4 Å². The Morgan fingerprint density at radius 2 is 1.14 bits per heavy atom. The van der Waals surface area contributed by atoms with E-state index in [2.05, 4.69) is 0 Å². The van der Waals surface area contributed by atoms with Gasteiger partial charge in [0.25, 0.3) is 12.9 Å². The summed E-state index contributed by atoms with van der Waals surface area (Å²) in [6.45, 7) is 0. The standard InChI is InChI=1S/C15H8Cl2F4O/c16-9-5-1-3-7(11(9)14(18)19)13(22)8-4-2-6-10(17)12(8)15(20)21/h1-6,14-15H. The normalized spacial score (nSPS) is 11.3. The minimum absolute atomic E-state index is 0.304. The van der Waals surface area contributed by atoms with Gasteiger partial charge in [0.2, 0.25) is 0 Å². The third-order valence-corrected chi connectivity index (χ3v) is 3.69. The second-order valence-corrected chi connectivity index (χ2v) is 5.15. The number of rotatable bonds is 4. The van der Waals surface area contributed by atoms with Gasteiger partial charge in [-0.2, -0.15) is 0 Å². The third kappa shape index (κ3) is 3.10. The van der Waals surface area contributed by atoms with E-state index in [9.17, 15) is 22.4 Å². The van der Waals surface area contributed by atoms with E-state index in [0.717, 1.165) is 12.1 Å². The van der Waals surface area contributed by atoms with Crippen LogP contribution in [0.4, 0.5) is 17.6 Å². The van der Waals surface area contributed by atoms with Crippen LogP contribution in [0.5, 0.6) is 0 Å². The number of carbonyl (C=O) groups excluding carboxylic acids is 1. The fourth-order valence-corrected chi connectivity index (χ4v) is 2.57. The van der Waals surface area contributed by atoms with E-state index in [0.29, 0.717) is 0 Å². The predicted octanol–water partition coefficient (Wildman–Crippen LogP) is 6.10. The molecule has 7 heteroatoms. The molecule has 116 valence electrons. The summed E-state index contributed by atoms with van der Waals surface area (Å²) in [5, 5.41) is -0.608. The highest BCUT2D eigenvalue weighted by molar-refractivity contribution is 6.33. The van der Waals surface area contributed by atoms with E-state index in [1.165, 1.54) is 24.3 Å². The van der Waals surface area contributed by atoms with E-state index in [1.807, 2.05) is 0 Å². The number of hydrogen-bond acceptors (Lipinski definition) is 1. The molecule has 2 aromatic rings. The molecule has 0 radical (unpaired) electrons. The Hall–Kier alpha value is -1.59. The highest BCUT2D eigenvalue weighted by Gasteiger charge is 2.27. The number of hydrogen-bond donors (Lipinski definition) is 0. The van der Waals surface area contributed by atoms with Crippen molar-refractivity contribution in [2.24, 2.45) is 0 Å². The highest BCUT2D eigenvalue weighted by atomic mass is 35.5. The van der Waals surface area contributed by atoms with Gasteiger partial charge in [0, 0.05) is 22.3 Å². The molecule has 0 saturated heterocycles. The third-order valence-electron chi connectivity index (χ3n) is 3.03. The summed E-state index contributed by atoms with van der Waals surface area (Å²) < 4.78 is 52.4. The van der Waals surface area contributed by atoms with Crippen LogP contribution in [0, 0.1) is 0 Å². The lowest BCUT2D eigenvalue weighted by Gasteiger charge is -2.13. The largest absolute Gasteiger partial charge is 0.289 e. The van der Waals surface area contributed by atoms with Crippen LogP contribution < -0.4 is 0 Å². The maximum atomic E-state index is 13.1. The van der Waals surface area contributed by atoms with Crippen LogP contribution in [0.1, 0.15) is 39.9 Å². The summed E-state index contributed by atoms with van der Waals surface area (Å²) in [6.07, 6.45) is -6.02. The van der Waals surface area contributed by atoms with Crippen molar-refractivity contribution in [3.05, 3.63) is 68.7 Å². The molecular weight excluding hydrogens is 343 g/mol. The smallest absolute Gasteiger partial charge is 0.266 e. The van der Waals surface area contributed by atoms with Crippen molar-refractivity contribution in [3.8, 4) is 0 Å². The molecule has 0 fully saturated rings. The van der Waals surface area contributed by atoms with E-state index in [4.69, 9.17) is 23.2 Å². The molecule has 0 aromatic heterocycles. The number of alkyl halides is 4. The Morgan fingerprint density at radius 3 is 1.45 bits per heavy atom. The molecule has 0 amide bonds. The second-order valence-electron chi connectivity index (χ2n) is 4.33. The number of carbonyl (C=O) groups is 1. The van der Waals surface area contributed by atoms with Gasteiger partial charge in [-0.3, -0.25) is 4.79 Å². The molecular formula is C15H8Cl2F4O. The molecule has 0 heterocycles. The molecule has 22 heavy (non-hydrogen) atoms. The monoisotopic (exact) mass is 350 g/mol. The summed E-state index contributed by atoms with van der Waals surface area (Å²) in [7, 11) is 0. The molecule has 2 aromatic carbocycles. The average molecular weight is 351 g/mol. The van der Waals surface area contributed by atoms with Crippen LogP contribution in [0.3, 0.4) is 0 Å². The minimum atomic E-state index is -3.01. The van der Waals surface area contributed by atoms with E-state index >= 15 is 0 Å². The molecule has 0 aliphatic rings. The average Bonchev–Trinajstić information content (AvgIpc) is 2.45. The van der Waals surface area contributed by atoms with E-state index in [1.54, 1.807) is 0 Å². The molecule has 0 aliphatic heterocycles. The fraction of sp³-hybridized carbons (Fsp3) is 0.133. The minimum Gasteiger partial charge on any atom is -0.289 e. The molecule has 0 bridgehead atoms. The Bertz CT molecular complexity index is 657. The summed E-state index contributed by atoms with van der Waals surface area (Å²) in [4.78, 5) is 12.4. The molecule has 0 unspecified atom stereocenters. The lowest BCUT2D eigenvalue weighted by Crippen LogP contribution is -2.10. The molecule has 0 saturated carbocycles. The van der Waals surface area contributed by atoms with Gasteiger partial charge in [0.1, 0.15) is 0 Å². The molecule has 0 atom stereocenters. The van der Waals surface area contributed by atoms with Crippen LogP contribution in [0.25, 0.3) is 0 Å². The van der Waals surface area contributed by atoms with Crippen LogP contribution in [-0.2, 0) is 0 Å². The maximum Gasteiger partial charge on any atom is 0.266 e. The summed E-state index contributed by atoms with van der Waals surface area (Å²) in [5.74, 6) is -0.976. The van der Waals surface area contributed by atoms with Gasteiger partial charge in [0.15, 0.2) is 5.78 Å². The van der Waals surface area contributed by atoms with Crippen molar-refractivity contribution in [1.82, 2.24) is 0 Å². The lowest BCUT2D eigenvalue weighted by molar-refractivity contribution is 0.101. The van der Waals surface area contributed by atoms with E-state index < -0.39 is 40.9 Å². The van der Waals surface area contributed by atoms with Crippen molar-refractivity contribution < 1.29 is 22.4 Å². The maximum absolute atomic E-state index is 13.1. The number of halogens is 6. The van der Waals surface area contributed by atoms with E-state index in [-0.39, 0.29) is 10.0 Å². The number of ketones is 1. The Balaban J connectivity index is 2.65. The van der Waals surface area contributed by atoms with Gasteiger partial charge in [-0.05, 0) is 12.1 Å². The first kappa shape index (κ1) is 16.8. The van der Waals surface area contributed by atoms with Gasteiger partial charge in [-0.15, -0.1) is 0 Å². The molecule has 0 N–H and O–H groups in total. The first-order valence-corrected chi connectivity index (χ1v) is 6.78. The zero-order valence-corrected chi connectivity index (χ0v) is 12.3. The van der Waals surface area contributed by atoms with Crippen molar-refractivity contribution in [3.63, 3.8) is 0 Å². The first-order valence-electron chi connectivity index (χ1n) is 6.02. The molecule has 2 rings (SSSR count). The van der Waals surface area contributed by atoms with Crippen molar-refractivity contribution in [1.29, 1.82) is 0 Å². The summed E-state index contributed by atoms with van der Waals surface area (Å²) in [6, 6.07) is 7.23. The van der Waals surface area contributed by atoms with Crippen LogP contribution in [0.2, 0.25) is 10.0 Å². The van der Waals surface area contributed by atoms with Gasteiger partial charge in [-0.25, -0.2) is 17.6 Å². The Kier molecular flexibility index (Phi) is 5.08. The first-order chi connectivity index (χ1) is 10.3. The molecule has 1 nitrogen and oxygen atoms in total. The van der Waals surface area contributed by atoms with Gasteiger partial charge >= 0.3 is 0 Å². The highest BCUT2D eigenvalue weighted by Crippen LogP contribution is 2.35. The van der Waals surface area contributed by atoms with Crippen molar-refractivity contribution >= 4 is 29.0 Å². The number of benzene rings is 2. The quantitative estimate of drug-likeness (QED) is 0.481. The van der Waals surface area contributed by atoms with Crippen molar-refractivity contribution in [2.45, 2.75) is 12.9 Å². The SMILES string of the molecule is O=C(c1cccc(Cl)c1C(F)F)c1cccc(Cl)c1C(F)F. The topological polar surface area (TPSA) is 17.1 Å². The fourth-order valence-electron chi connectivity index (χ4n) is 2.06. The zero-order chi connectivity index (χ0) is 16.4. The molecule has 0 spiro atoms. The van der Waals surface area contributed by atoms with Gasteiger partial charge < -0.3 is 0 Å². The lowest BCUT2D eigenvalue weighted by atomic mass is 9.95. The van der Waals surface area contributed by atoms with Gasteiger partial charge in [0.05, 0.1) is 10.0 Å². The second kappa shape index (κ2) is 6.67. The summed E-state index contributed by atoms with van der Waals surface area (Å²) >= 11 is 11.4. The zero-order valence-electron chi connectivity index (χ0n) is 10.8. The van der Waals surface area contributed by atoms with Crippen LogP contribution in [-0.4, -0.2) is 5.78 Å². The van der Waals surface area contributed by atoms with Crippen LogP contribution >= 0.6 is 23.2 Å². The summed E-state index contributed by atoms with van der Waals surface area (Å²) in [5.41, 5.74) is -2.22. The van der Waals surface area contributed by atoms with Gasteiger partial charge in [-0.1, -0.05) is 47.5 Å². The molecule has 0 aliphatic carbocycles. The predicted molar refractivity (Wildman–Crippen MR) is 76.3 cm³/mol. The Labute approximate surface area is 133 Å².